The van der Waals surface area contributed by atoms with Gasteiger partial charge in [-0.05, 0) is 30.3 Å². The standard InChI is InChI=1S/C16H17ClN2O4S/c17-13-5-4-8-15(11-13)24(21,22)19-10-9-18-16(20)12-23-14-6-2-1-3-7-14/h1-8,11,19H,9-10,12H2,(H,18,20). The normalized spacial score (nSPS) is 11.0. The van der Waals surface area contributed by atoms with E-state index in [4.69, 9.17) is 16.3 Å². The molecule has 0 bridgehead atoms. The third-order valence-electron chi connectivity index (χ3n) is 2.96. The van der Waals surface area contributed by atoms with Crippen molar-refractivity contribution in [3.63, 3.8) is 0 Å². The Balaban J connectivity index is 1.71. The van der Waals surface area contributed by atoms with Gasteiger partial charge in [0.1, 0.15) is 5.75 Å². The van der Waals surface area contributed by atoms with Crippen molar-refractivity contribution in [1.82, 2.24) is 10.0 Å². The van der Waals surface area contributed by atoms with Gasteiger partial charge < -0.3 is 10.1 Å². The molecule has 2 aromatic carbocycles. The Bertz CT molecular complexity index is 782. The maximum Gasteiger partial charge on any atom is 0.257 e. The molecule has 2 aromatic rings. The fourth-order valence-electron chi connectivity index (χ4n) is 1.82. The van der Waals surface area contributed by atoms with Crippen LogP contribution in [-0.4, -0.2) is 34.0 Å². The molecule has 128 valence electrons. The third-order valence-corrected chi connectivity index (χ3v) is 4.65. The van der Waals surface area contributed by atoms with Gasteiger partial charge in [-0.1, -0.05) is 35.9 Å². The average molecular weight is 369 g/mol. The van der Waals surface area contributed by atoms with Crippen LogP contribution < -0.4 is 14.8 Å². The van der Waals surface area contributed by atoms with E-state index >= 15 is 0 Å². The predicted octanol–water partition coefficient (Wildman–Crippen LogP) is 1.81. The second-order valence-electron chi connectivity index (χ2n) is 4.81. The Labute approximate surface area is 145 Å². The number of hydrogen-bond acceptors (Lipinski definition) is 4. The molecule has 24 heavy (non-hydrogen) atoms. The molecule has 0 atom stereocenters. The number of halogens is 1. The van der Waals surface area contributed by atoms with Crippen molar-refractivity contribution < 1.29 is 17.9 Å². The lowest BCUT2D eigenvalue weighted by Crippen LogP contribution is -2.36. The fourth-order valence-corrected chi connectivity index (χ4v) is 3.15. The van der Waals surface area contributed by atoms with Crippen LogP contribution in [0.2, 0.25) is 5.02 Å². The lowest BCUT2D eigenvalue weighted by atomic mass is 10.3. The van der Waals surface area contributed by atoms with Crippen molar-refractivity contribution in [2.75, 3.05) is 19.7 Å². The number of amides is 1. The largest absolute Gasteiger partial charge is 0.484 e. The first-order valence-corrected chi connectivity index (χ1v) is 9.03. The van der Waals surface area contributed by atoms with E-state index < -0.39 is 10.0 Å². The summed E-state index contributed by atoms with van der Waals surface area (Å²) in [4.78, 5) is 11.7. The highest BCUT2D eigenvalue weighted by Crippen LogP contribution is 2.14. The molecule has 1 amide bonds. The Morgan fingerprint density at radius 1 is 1.04 bits per heavy atom. The molecular weight excluding hydrogens is 352 g/mol. The Morgan fingerprint density at radius 3 is 2.50 bits per heavy atom. The van der Waals surface area contributed by atoms with Crippen LogP contribution in [0, 0.1) is 0 Å². The number of benzene rings is 2. The van der Waals surface area contributed by atoms with Crippen LogP contribution in [0.4, 0.5) is 0 Å². The summed E-state index contributed by atoms with van der Waals surface area (Å²) in [6.07, 6.45) is 0. The monoisotopic (exact) mass is 368 g/mol. The lowest BCUT2D eigenvalue weighted by molar-refractivity contribution is -0.123. The Kier molecular flexibility index (Phi) is 6.60. The zero-order chi connectivity index (χ0) is 17.4. The number of sulfonamides is 1. The summed E-state index contributed by atoms with van der Waals surface area (Å²) in [7, 11) is -3.65. The number of carbonyl (C=O) groups is 1. The van der Waals surface area contributed by atoms with Gasteiger partial charge in [0.25, 0.3) is 5.91 Å². The maximum absolute atomic E-state index is 12.0. The summed E-state index contributed by atoms with van der Waals surface area (Å²) in [5.74, 6) is 0.259. The molecule has 0 saturated heterocycles. The van der Waals surface area contributed by atoms with E-state index in [2.05, 4.69) is 10.0 Å². The minimum absolute atomic E-state index is 0.0614. The highest BCUT2D eigenvalue weighted by molar-refractivity contribution is 7.89. The van der Waals surface area contributed by atoms with Crippen LogP contribution in [0.15, 0.2) is 59.5 Å². The number of nitrogens with one attached hydrogen (secondary N) is 2. The highest BCUT2D eigenvalue weighted by atomic mass is 35.5. The molecule has 8 heteroatoms. The van der Waals surface area contributed by atoms with E-state index in [-0.39, 0.29) is 30.5 Å². The van der Waals surface area contributed by atoms with E-state index in [1.165, 1.54) is 12.1 Å². The summed E-state index contributed by atoms with van der Waals surface area (Å²) in [5.41, 5.74) is 0. The van der Waals surface area contributed by atoms with Gasteiger partial charge in [0, 0.05) is 18.1 Å². The zero-order valence-electron chi connectivity index (χ0n) is 12.7. The highest BCUT2D eigenvalue weighted by Gasteiger charge is 2.13. The van der Waals surface area contributed by atoms with Crippen molar-refractivity contribution in [3.8, 4) is 5.75 Å². The third kappa shape index (κ3) is 5.84. The molecule has 0 heterocycles. The van der Waals surface area contributed by atoms with Crippen molar-refractivity contribution in [2.24, 2.45) is 0 Å². The van der Waals surface area contributed by atoms with Crippen molar-refractivity contribution >= 4 is 27.5 Å². The van der Waals surface area contributed by atoms with Crippen LogP contribution in [0.25, 0.3) is 0 Å². The Morgan fingerprint density at radius 2 is 1.79 bits per heavy atom. The van der Waals surface area contributed by atoms with Crippen LogP contribution in [0.5, 0.6) is 5.75 Å². The lowest BCUT2D eigenvalue weighted by Gasteiger charge is -2.09. The van der Waals surface area contributed by atoms with E-state index in [0.717, 1.165) is 0 Å². The molecule has 2 rings (SSSR count). The summed E-state index contributed by atoms with van der Waals surface area (Å²) >= 11 is 5.78. The van der Waals surface area contributed by atoms with Crippen LogP contribution in [0.1, 0.15) is 0 Å². The topological polar surface area (TPSA) is 84.5 Å². The molecule has 0 radical (unpaired) electrons. The summed E-state index contributed by atoms with van der Waals surface area (Å²) < 4.78 is 31.7. The van der Waals surface area contributed by atoms with Gasteiger partial charge in [0.05, 0.1) is 4.90 Å². The van der Waals surface area contributed by atoms with Crippen LogP contribution >= 0.6 is 11.6 Å². The van der Waals surface area contributed by atoms with Gasteiger partial charge in [-0.15, -0.1) is 0 Å². The number of hydrogen-bond donors (Lipinski definition) is 2. The number of carbonyl (C=O) groups excluding carboxylic acids is 1. The van der Waals surface area contributed by atoms with E-state index in [0.29, 0.717) is 10.8 Å². The summed E-state index contributed by atoms with van der Waals surface area (Å²) in [6.45, 7) is 0.0771. The molecule has 6 nitrogen and oxygen atoms in total. The molecular formula is C16H17ClN2O4S. The molecule has 0 spiro atoms. The van der Waals surface area contributed by atoms with E-state index in [1.54, 1.807) is 36.4 Å². The van der Waals surface area contributed by atoms with Crippen molar-refractivity contribution in [2.45, 2.75) is 4.90 Å². The first-order chi connectivity index (χ1) is 11.5. The SMILES string of the molecule is O=C(COc1ccccc1)NCCNS(=O)(=O)c1cccc(Cl)c1. The van der Waals surface area contributed by atoms with E-state index in [9.17, 15) is 13.2 Å². The van der Waals surface area contributed by atoms with Gasteiger partial charge in [0.15, 0.2) is 6.61 Å². The van der Waals surface area contributed by atoms with Gasteiger partial charge in [-0.3, -0.25) is 4.79 Å². The number of para-hydroxylation sites is 1. The predicted molar refractivity (Wildman–Crippen MR) is 91.6 cm³/mol. The van der Waals surface area contributed by atoms with Gasteiger partial charge in [-0.2, -0.15) is 0 Å². The molecule has 2 N–H and O–H groups in total. The summed E-state index contributed by atoms with van der Waals surface area (Å²) in [5, 5.41) is 2.91. The first kappa shape index (κ1) is 18.3. The van der Waals surface area contributed by atoms with Gasteiger partial charge in [0.2, 0.25) is 10.0 Å². The fraction of sp³-hybridized carbons (Fsp3) is 0.188. The smallest absolute Gasteiger partial charge is 0.257 e. The van der Waals surface area contributed by atoms with Gasteiger partial charge >= 0.3 is 0 Å². The number of rotatable bonds is 8. The minimum atomic E-state index is -3.65. The summed E-state index contributed by atoms with van der Waals surface area (Å²) in [6, 6.07) is 14.9. The molecule has 0 unspecified atom stereocenters. The average Bonchev–Trinajstić information content (AvgIpc) is 2.58. The minimum Gasteiger partial charge on any atom is -0.484 e. The van der Waals surface area contributed by atoms with Crippen LogP contribution in [0.3, 0.4) is 0 Å². The molecule has 0 aliphatic rings. The van der Waals surface area contributed by atoms with Crippen molar-refractivity contribution in [1.29, 1.82) is 0 Å². The molecule has 0 saturated carbocycles. The number of ether oxygens (including phenoxy) is 1. The second kappa shape index (κ2) is 8.68. The molecule has 0 aliphatic heterocycles. The zero-order valence-corrected chi connectivity index (χ0v) is 14.3. The Hall–Kier alpha value is -2.09. The molecule has 0 fully saturated rings. The van der Waals surface area contributed by atoms with Crippen molar-refractivity contribution in [3.05, 3.63) is 59.6 Å². The van der Waals surface area contributed by atoms with Crippen LogP contribution in [-0.2, 0) is 14.8 Å². The molecule has 0 aliphatic carbocycles. The quantitative estimate of drug-likeness (QED) is 0.696. The maximum atomic E-state index is 12.0. The molecule has 0 aromatic heterocycles. The first-order valence-electron chi connectivity index (χ1n) is 7.17. The van der Waals surface area contributed by atoms with E-state index in [1.807, 2.05) is 6.07 Å². The van der Waals surface area contributed by atoms with Gasteiger partial charge in [-0.25, -0.2) is 13.1 Å². The second-order valence-corrected chi connectivity index (χ2v) is 7.01.